The Morgan fingerprint density at radius 1 is 0.377 bits per heavy atom. The van der Waals surface area contributed by atoms with Crippen LogP contribution in [0, 0.1) is 0 Å². The van der Waals surface area contributed by atoms with Gasteiger partial charge in [-0.15, -0.1) is 0 Å². The van der Waals surface area contributed by atoms with Crippen LogP contribution < -0.4 is 4.90 Å². The molecule has 2 heterocycles. The lowest BCUT2D eigenvalue weighted by molar-refractivity contribution is 0.442. The van der Waals surface area contributed by atoms with E-state index in [1.807, 2.05) is 0 Å². The Morgan fingerprint density at radius 2 is 1.05 bits per heavy atom. The first-order valence-electron chi connectivity index (χ1n) is 22.6. The molecule has 2 fully saturated rings. The first kappa shape index (κ1) is 36.3. The molecule has 3 nitrogen and oxygen atoms in total. The van der Waals surface area contributed by atoms with Crippen LogP contribution in [0.5, 0.6) is 0 Å². The Morgan fingerprint density at radius 3 is 1.89 bits per heavy atom. The summed E-state index contributed by atoms with van der Waals surface area (Å²) in [5.41, 5.74) is 15.0. The van der Waals surface area contributed by atoms with Gasteiger partial charge < -0.3 is 13.7 Å². The maximum absolute atomic E-state index is 7.05. The molecule has 2 saturated carbocycles. The van der Waals surface area contributed by atoms with Crippen LogP contribution in [0.3, 0.4) is 0 Å². The van der Waals surface area contributed by atoms with Gasteiger partial charge >= 0.3 is 0 Å². The number of hydrogen-bond donors (Lipinski definition) is 0. The zero-order valence-corrected chi connectivity index (χ0v) is 34.6. The Kier molecular flexibility index (Phi) is 9.01. The smallest absolute Gasteiger partial charge is 0.138 e. The number of nitrogens with zero attached hydrogens (tertiary/aromatic N) is 1. The number of anilines is 3. The monoisotopic (exact) mass is 791 g/mol. The van der Waals surface area contributed by atoms with Crippen LogP contribution in [0.4, 0.5) is 17.1 Å². The molecule has 2 aliphatic carbocycles. The zero-order chi connectivity index (χ0) is 40.3. The van der Waals surface area contributed by atoms with Gasteiger partial charge in [0.2, 0.25) is 0 Å². The van der Waals surface area contributed by atoms with Crippen molar-refractivity contribution in [1.29, 1.82) is 0 Å². The summed E-state index contributed by atoms with van der Waals surface area (Å²) in [6.07, 6.45) is 12.6. The second-order valence-corrected chi connectivity index (χ2v) is 17.6. The molecule has 0 aliphatic heterocycles. The second kappa shape index (κ2) is 15.2. The maximum atomic E-state index is 7.05. The standard InChI is InChI=1S/C58H49NO2/c1-4-15-38(16-5-1)42-28-32-52(50(35-42)40-19-8-3-9-20-40)59(44-30-31-48-49-25-14-24-46(39-17-6-2-7-18-39)58(49)61-56(48)37-44)53-33-27-41-21-10-11-22-45(41)57(53)43-29-34-55-51(36-43)47-23-12-13-26-54(47)60-55/h1,4-5,10-16,21-37,39-40H,2-3,6-9,17-20H2. The van der Waals surface area contributed by atoms with Gasteiger partial charge in [0, 0.05) is 44.5 Å². The fourth-order valence-electron chi connectivity index (χ4n) is 11.0. The molecule has 0 spiro atoms. The molecule has 0 saturated heterocycles. The highest BCUT2D eigenvalue weighted by Gasteiger charge is 2.28. The summed E-state index contributed by atoms with van der Waals surface area (Å²) in [6, 6.07) is 60.6. The lowest BCUT2D eigenvalue weighted by Crippen LogP contribution is -2.16. The van der Waals surface area contributed by atoms with Gasteiger partial charge in [-0.3, -0.25) is 0 Å². The second-order valence-electron chi connectivity index (χ2n) is 17.6. The fraction of sp³-hybridized carbons (Fsp3) is 0.207. The normalized spacial score (nSPS) is 15.4. The minimum Gasteiger partial charge on any atom is -0.456 e. The van der Waals surface area contributed by atoms with Crippen molar-refractivity contribution in [3.63, 3.8) is 0 Å². The van der Waals surface area contributed by atoms with Crippen molar-refractivity contribution in [3.05, 3.63) is 175 Å². The predicted octanol–water partition coefficient (Wildman–Crippen LogP) is 17.5. The van der Waals surface area contributed by atoms with Crippen molar-refractivity contribution in [1.82, 2.24) is 0 Å². The molecule has 2 aliphatic rings. The number of fused-ring (bicyclic) bond motifs is 7. The van der Waals surface area contributed by atoms with Crippen LogP contribution in [0.25, 0.3) is 76.9 Å². The number of furan rings is 2. The molecular weight excluding hydrogens is 743 g/mol. The lowest BCUT2D eigenvalue weighted by atomic mass is 9.81. The van der Waals surface area contributed by atoms with Gasteiger partial charge in [-0.25, -0.2) is 0 Å². The number of rotatable bonds is 7. The van der Waals surface area contributed by atoms with Crippen molar-refractivity contribution in [2.45, 2.75) is 76.0 Å². The highest BCUT2D eigenvalue weighted by Crippen LogP contribution is 2.50. The number of benzene rings is 8. The van der Waals surface area contributed by atoms with Crippen molar-refractivity contribution in [2.75, 3.05) is 4.90 Å². The van der Waals surface area contributed by atoms with Crippen molar-refractivity contribution < 1.29 is 8.83 Å². The summed E-state index contributed by atoms with van der Waals surface area (Å²) in [5, 5.41) is 7.10. The fourth-order valence-corrected chi connectivity index (χ4v) is 11.0. The lowest BCUT2D eigenvalue weighted by Gasteiger charge is -2.33. The molecule has 61 heavy (non-hydrogen) atoms. The third kappa shape index (κ3) is 6.33. The summed E-state index contributed by atoms with van der Waals surface area (Å²) >= 11 is 0. The molecule has 298 valence electrons. The molecule has 0 atom stereocenters. The van der Waals surface area contributed by atoms with E-state index in [9.17, 15) is 0 Å². The van der Waals surface area contributed by atoms with E-state index in [1.165, 1.54) is 119 Å². The van der Waals surface area contributed by atoms with E-state index in [0.29, 0.717) is 11.8 Å². The molecule has 2 aromatic heterocycles. The predicted molar refractivity (Wildman–Crippen MR) is 256 cm³/mol. The van der Waals surface area contributed by atoms with Crippen LogP contribution in [0.15, 0.2) is 173 Å². The van der Waals surface area contributed by atoms with Gasteiger partial charge in [0.15, 0.2) is 0 Å². The number of hydrogen-bond acceptors (Lipinski definition) is 3. The Labute approximate surface area is 357 Å². The van der Waals surface area contributed by atoms with E-state index in [0.717, 1.165) is 50.0 Å². The maximum Gasteiger partial charge on any atom is 0.138 e. The SMILES string of the molecule is c1ccc(-c2ccc(N(c3ccc4c(c3)oc3c(C5CCCCC5)cccc34)c3ccc4ccccc4c3-c3ccc4oc5ccccc5c4c3)c(C3CCCCC3)c2)cc1. The summed E-state index contributed by atoms with van der Waals surface area (Å²) in [7, 11) is 0. The van der Waals surface area contributed by atoms with Crippen LogP contribution >= 0.6 is 0 Å². The first-order chi connectivity index (χ1) is 30.2. The average molecular weight is 792 g/mol. The zero-order valence-electron chi connectivity index (χ0n) is 34.6. The van der Waals surface area contributed by atoms with Gasteiger partial charge in [0.25, 0.3) is 0 Å². The molecular formula is C58H49NO2. The summed E-state index contributed by atoms with van der Waals surface area (Å²) in [4.78, 5) is 2.56. The Hall–Kier alpha value is -6.58. The molecule has 0 amide bonds. The Balaban J connectivity index is 1.13. The Bertz CT molecular complexity index is 3230. The van der Waals surface area contributed by atoms with E-state index in [4.69, 9.17) is 8.83 Å². The van der Waals surface area contributed by atoms with Crippen molar-refractivity contribution in [2.24, 2.45) is 0 Å². The van der Waals surface area contributed by atoms with Crippen molar-refractivity contribution >= 4 is 71.7 Å². The third-order valence-electron chi connectivity index (χ3n) is 14.0. The van der Waals surface area contributed by atoms with E-state index < -0.39 is 0 Å². The van der Waals surface area contributed by atoms with Gasteiger partial charge in [0.05, 0.1) is 5.69 Å². The van der Waals surface area contributed by atoms with Crippen LogP contribution in [0.1, 0.15) is 87.2 Å². The topological polar surface area (TPSA) is 29.5 Å². The van der Waals surface area contributed by atoms with Crippen molar-refractivity contribution in [3.8, 4) is 22.3 Å². The van der Waals surface area contributed by atoms with Gasteiger partial charge in [-0.1, -0.05) is 148 Å². The minimum atomic E-state index is 0.459. The minimum absolute atomic E-state index is 0.459. The summed E-state index contributed by atoms with van der Waals surface area (Å²) in [6.45, 7) is 0. The quantitative estimate of drug-likeness (QED) is 0.161. The molecule has 0 bridgehead atoms. The summed E-state index contributed by atoms with van der Waals surface area (Å²) < 4.78 is 13.4. The molecule has 0 N–H and O–H groups in total. The van der Waals surface area contributed by atoms with Gasteiger partial charge in [-0.05, 0) is 125 Å². The average Bonchev–Trinajstić information content (AvgIpc) is 3.90. The van der Waals surface area contributed by atoms with E-state index in [1.54, 1.807) is 0 Å². The van der Waals surface area contributed by atoms with E-state index in [-0.39, 0.29) is 0 Å². The number of para-hydroxylation sites is 2. The molecule has 8 aromatic carbocycles. The molecule has 0 unspecified atom stereocenters. The van der Waals surface area contributed by atoms with E-state index in [2.05, 4.69) is 169 Å². The highest BCUT2D eigenvalue weighted by atomic mass is 16.3. The molecule has 10 aromatic rings. The molecule has 0 radical (unpaired) electrons. The third-order valence-corrected chi connectivity index (χ3v) is 14.0. The molecule has 12 rings (SSSR count). The highest BCUT2D eigenvalue weighted by molar-refractivity contribution is 6.12. The summed E-state index contributed by atoms with van der Waals surface area (Å²) in [5.74, 6) is 1.01. The van der Waals surface area contributed by atoms with E-state index >= 15 is 0 Å². The van der Waals surface area contributed by atoms with Crippen LogP contribution in [0.2, 0.25) is 0 Å². The molecule has 3 heteroatoms. The largest absolute Gasteiger partial charge is 0.456 e. The van der Waals surface area contributed by atoms with Gasteiger partial charge in [0.1, 0.15) is 22.3 Å². The van der Waals surface area contributed by atoms with Crippen LogP contribution in [-0.4, -0.2) is 0 Å². The van der Waals surface area contributed by atoms with Crippen LogP contribution in [-0.2, 0) is 0 Å². The first-order valence-corrected chi connectivity index (χ1v) is 22.6. The van der Waals surface area contributed by atoms with Gasteiger partial charge in [-0.2, -0.15) is 0 Å².